The average molecular weight is 477 g/mol. The summed E-state index contributed by atoms with van der Waals surface area (Å²) >= 11 is 6.34. The molecule has 0 radical (unpaired) electrons. The van der Waals surface area contributed by atoms with E-state index >= 15 is 0 Å². The van der Waals surface area contributed by atoms with Crippen LogP contribution in [0.4, 0.5) is 34.8 Å². The zero-order valence-corrected chi connectivity index (χ0v) is 19.0. The van der Waals surface area contributed by atoms with Crippen LogP contribution in [0.15, 0.2) is 59.3 Å². The Hall–Kier alpha value is -4.11. The highest BCUT2D eigenvalue weighted by atomic mass is 35.5. The molecule has 2 aromatic heterocycles. The van der Waals surface area contributed by atoms with Gasteiger partial charge in [-0.25, -0.2) is 9.78 Å². The van der Waals surface area contributed by atoms with Gasteiger partial charge in [0, 0.05) is 17.1 Å². The number of rotatable bonds is 4. The smallest absolute Gasteiger partial charge is 0.360 e. The molecule has 3 N–H and O–H groups in total. The quantitative estimate of drug-likeness (QED) is 0.322. The van der Waals surface area contributed by atoms with E-state index < -0.39 is 5.97 Å². The molecule has 0 fully saturated rings. The van der Waals surface area contributed by atoms with E-state index in [2.05, 4.69) is 43.0 Å². The van der Waals surface area contributed by atoms with Crippen molar-refractivity contribution < 1.29 is 13.9 Å². The first-order valence-corrected chi connectivity index (χ1v) is 11.1. The number of halogens is 1. The summed E-state index contributed by atoms with van der Waals surface area (Å²) in [4.78, 5) is 24.9. The number of hydrogen-bond donors (Lipinski definition) is 3. The molecule has 10 heteroatoms. The summed E-state index contributed by atoms with van der Waals surface area (Å²) in [5, 5.41) is 10.1. The monoisotopic (exact) mass is 476 g/mol. The molecule has 34 heavy (non-hydrogen) atoms. The second-order valence-electron chi connectivity index (χ2n) is 7.60. The Morgan fingerprint density at radius 1 is 1.15 bits per heavy atom. The fraction of sp³-hybridized carbons (Fsp3) is 0.167. The average Bonchev–Trinajstić information content (AvgIpc) is 3.30. The Morgan fingerprint density at radius 3 is 2.91 bits per heavy atom. The highest BCUT2D eigenvalue weighted by Gasteiger charge is 2.15. The Kier molecular flexibility index (Phi) is 6.01. The summed E-state index contributed by atoms with van der Waals surface area (Å²) in [7, 11) is 0. The molecule has 0 unspecified atom stereocenters. The number of oxazole rings is 1. The van der Waals surface area contributed by atoms with Crippen molar-refractivity contribution in [2.24, 2.45) is 0 Å². The lowest BCUT2D eigenvalue weighted by atomic mass is 10.0. The molecule has 4 aromatic rings. The third-order valence-electron chi connectivity index (χ3n) is 5.21. The Labute approximate surface area is 200 Å². The van der Waals surface area contributed by atoms with Gasteiger partial charge in [-0.05, 0) is 61.2 Å². The van der Waals surface area contributed by atoms with E-state index in [-0.39, 0.29) is 18.3 Å². The maximum atomic E-state index is 11.9. The number of esters is 1. The number of fused-ring (bicyclic) bond motifs is 6. The molecular formula is C24H21ClN6O3. The first-order valence-electron chi connectivity index (χ1n) is 10.8. The third-order valence-corrected chi connectivity index (χ3v) is 5.49. The van der Waals surface area contributed by atoms with Crippen molar-refractivity contribution in [1.29, 1.82) is 0 Å². The number of carbonyl (C=O) groups excluding carboxylic acids is 1. The highest BCUT2D eigenvalue weighted by molar-refractivity contribution is 6.32. The van der Waals surface area contributed by atoms with Crippen LogP contribution in [0, 0.1) is 0 Å². The lowest BCUT2D eigenvalue weighted by Gasteiger charge is -2.14. The van der Waals surface area contributed by atoms with Gasteiger partial charge in [0.05, 0.1) is 12.8 Å². The molecule has 0 saturated heterocycles. The van der Waals surface area contributed by atoms with Gasteiger partial charge in [0.1, 0.15) is 11.3 Å². The zero-order chi connectivity index (χ0) is 23.5. The van der Waals surface area contributed by atoms with Crippen molar-refractivity contribution in [3.05, 3.63) is 76.8 Å². The van der Waals surface area contributed by atoms with Gasteiger partial charge in [-0.15, -0.1) is 0 Å². The highest BCUT2D eigenvalue weighted by Crippen LogP contribution is 2.30. The Balaban J connectivity index is 1.49. The molecule has 0 aliphatic carbocycles. The number of carbonyl (C=O) groups is 1. The summed E-state index contributed by atoms with van der Waals surface area (Å²) in [5.41, 5.74) is 4.80. The van der Waals surface area contributed by atoms with Crippen LogP contribution in [-0.2, 0) is 17.6 Å². The van der Waals surface area contributed by atoms with E-state index in [0.717, 1.165) is 41.0 Å². The number of aromatic nitrogens is 3. The van der Waals surface area contributed by atoms with Crippen molar-refractivity contribution >= 4 is 52.4 Å². The molecule has 1 aliphatic rings. The van der Waals surface area contributed by atoms with Gasteiger partial charge in [0.2, 0.25) is 5.95 Å². The van der Waals surface area contributed by atoms with Gasteiger partial charge >= 0.3 is 5.97 Å². The number of ether oxygens (including phenoxy) is 1. The van der Waals surface area contributed by atoms with Gasteiger partial charge in [-0.3, -0.25) is 0 Å². The summed E-state index contributed by atoms with van der Waals surface area (Å²) in [6, 6.07) is 14.1. The van der Waals surface area contributed by atoms with Crippen LogP contribution in [0.3, 0.4) is 0 Å². The van der Waals surface area contributed by atoms with Crippen LogP contribution in [-0.4, -0.2) is 27.5 Å². The summed E-state index contributed by atoms with van der Waals surface area (Å²) < 4.78 is 10.4. The predicted octanol–water partition coefficient (Wildman–Crippen LogP) is 5.62. The topological polar surface area (TPSA) is 114 Å². The number of nitrogens with zero attached hydrogens (tertiary/aromatic N) is 3. The fourth-order valence-electron chi connectivity index (χ4n) is 3.61. The van der Waals surface area contributed by atoms with Crippen LogP contribution in [0.1, 0.15) is 28.5 Å². The van der Waals surface area contributed by atoms with Crippen LogP contribution in [0.2, 0.25) is 5.02 Å². The van der Waals surface area contributed by atoms with Crippen molar-refractivity contribution in [2.75, 3.05) is 22.6 Å². The molecule has 0 atom stereocenters. The molecule has 172 valence electrons. The first-order chi connectivity index (χ1) is 16.6. The molecule has 0 spiro atoms. The lowest BCUT2D eigenvalue weighted by Crippen LogP contribution is -2.05. The SMILES string of the molecule is CCOC(=O)c1coc(Nc2ccc3cc2CCc2cccc(c2)Nc2ncc(Cl)c(n2)N3)n1. The van der Waals surface area contributed by atoms with E-state index in [9.17, 15) is 4.79 Å². The number of nitrogens with one attached hydrogen (secondary N) is 3. The van der Waals surface area contributed by atoms with Gasteiger partial charge < -0.3 is 25.1 Å². The van der Waals surface area contributed by atoms with Gasteiger partial charge in [0.15, 0.2) is 11.5 Å². The number of anilines is 6. The van der Waals surface area contributed by atoms with Gasteiger partial charge in [0.25, 0.3) is 6.01 Å². The molecule has 0 saturated carbocycles. The maximum absolute atomic E-state index is 11.9. The molecule has 1 aliphatic heterocycles. The first kappa shape index (κ1) is 21.7. The van der Waals surface area contributed by atoms with E-state index in [1.54, 1.807) is 13.1 Å². The minimum absolute atomic E-state index is 0.112. The second-order valence-corrected chi connectivity index (χ2v) is 8.00. The fourth-order valence-corrected chi connectivity index (χ4v) is 3.75. The molecular weight excluding hydrogens is 456 g/mol. The minimum Gasteiger partial charge on any atom is -0.461 e. The van der Waals surface area contributed by atoms with Crippen molar-refractivity contribution in [3.8, 4) is 0 Å². The van der Waals surface area contributed by atoms with E-state index in [1.807, 2.05) is 30.3 Å². The van der Waals surface area contributed by atoms with Crippen molar-refractivity contribution in [3.63, 3.8) is 0 Å². The maximum Gasteiger partial charge on any atom is 0.360 e. The van der Waals surface area contributed by atoms with Crippen LogP contribution in [0.5, 0.6) is 0 Å². The molecule has 2 aromatic carbocycles. The van der Waals surface area contributed by atoms with Crippen molar-refractivity contribution in [2.45, 2.75) is 19.8 Å². The molecule has 0 amide bonds. The van der Waals surface area contributed by atoms with E-state index in [4.69, 9.17) is 20.8 Å². The molecule has 6 bridgehead atoms. The van der Waals surface area contributed by atoms with E-state index in [0.29, 0.717) is 16.8 Å². The van der Waals surface area contributed by atoms with Crippen LogP contribution < -0.4 is 16.0 Å². The van der Waals surface area contributed by atoms with Gasteiger partial charge in [-0.2, -0.15) is 9.97 Å². The minimum atomic E-state index is -0.529. The van der Waals surface area contributed by atoms with E-state index in [1.165, 1.54) is 6.26 Å². The molecule has 9 nitrogen and oxygen atoms in total. The summed E-state index contributed by atoms with van der Waals surface area (Å²) in [6.45, 7) is 2.00. The molecule has 3 heterocycles. The van der Waals surface area contributed by atoms with Crippen LogP contribution >= 0.6 is 11.6 Å². The van der Waals surface area contributed by atoms with Crippen LogP contribution in [0.25, 0.3) is 0 Å². The Bertz CT molecular complexity index is 1360. The number of aryl methyl sites for hydroxylation is 2. The second kappa shape index (κ2) is 9.40. The standard InChI is InChI=1S/C24H21ClN6O3/c1-2-33-22(32)20-13-34-24(30-20)29-19-9-8-17-11-15(19)7-6-14-4-3-5-16(10-14)28-23-26-12-18(25)21(27-17)31-23/h3-5,8-13H,2,6-7H2,1H3,(H,29,30)(H2,26,27,28,31). The summed E-state index contributed by atoms with van der Waals surface area (Å²) in [6.07, 6.45) is 4.37. The van der Waals surface area contributed by atoms with Gasteiger partial charge in [-0.1, -0.05) is 23.7 Å². The predicted molar refractivity (Wildman–Crippen MR) is 130 cm³/mol. The normalized spacial score (nSPS) is 12.3. The molecule has 5 rings (SSSR count). The van der Waals surface area contributed by atoms with Crippen molar-refractivity contribution in [1.82, 2.24) is 15.0 Å². The third kappa shape index (κ3) is 4.79. The summed E-state index contributed by atoms with van der Waals surface area (Å²) in [5.74, 6) is 0.412. The number of hydrogen-bond acceptors (Lipinski definition) is 9. The Morgan fingerprint density at radius 2 is 2.03 bits per heavy atom. The lowest BCUT2D eigenvalue weighted by molar-refractivity contribution is 0.0519. The number of benzene rings is 2. The zero-order valence-electron chi connectivity index (χ0n) is 18.3. The largest absolute Gasteiger partial charge is 0.461 e.